The predicted molar refractivity (Wildman–Crippen MR) is 75.0 cm³/mol. The lowest BCUT2D eigenvalue weighted by atomic mass is 10.1. The number of carbonyl (C=O) groups excluding carboxylic acids is 2. The highest BCUT2D eigenvalue weighted by molar-refractivity contribution is 8.13. The minimum absolute atomic E-state index is 0.0169. The van der Waals surface area contributed by atoms with E-state index in [1.807, 2.05) is 0 Å². The number of benzene rings is 1. The van der Waals surface area contributed by atoms with E-state index in [0.29, 0.717) is 12.3 Å². The molecule has 108 valence electrons. The van der Waals surface area contributed by atoms with Gasteiger partial charge in [0.05, 0.1) is 5.69 Å². The summed E-state index contributed by atoms with van der Waals surface area (Å²) in [4.78, 5) is 24.1. The van der Waals surface area contributed by atoms with Gasteiger partial charge in [-0.1, -0.05) is 23.4 Å². The monoisotopic (exact) mass is 319 g/mol. The number of hydrogen-bond acceptors (Lipinski definition) is 3. The van der Waals surface area contributed by atoms with E-state index >= 15 is 0 Å². The molecule has 0 N–H and O–H groups in total. The molecule has 0 aromatic heterocycles. The molecule has 1 aromatic rings. The van der Waals surface area contributed by atoms with Gasteiger partial charge in [-0.3, -0.25) is 9.59 Å². The third kappa shape index (κ3) is 3.12. The quantitative estimate of drug-likeness (QED) is 0.803. The molecular weight excluding hydrogens is 308 g/mol. The van der Waals surface area contributed by atoms with E-state index in [2.05, 4.69) is 0 Å². The number of anilines is 1. The van der Waals surface area contributed by atoms with Crippen molar-refractivity contribution >= 4 is 40.1 Å². The highest BCUT2D eigenvalue weighted by Crippen LogP contribution is 2.33. The van der Waals surface area contributed by atoms with Gasteiger partial charge < -0.3 is 4.90 Å². The van der Waals surface area contributed by atoms with E-state index in [1.165, 1.54) is 17.9 Å². The molecule has 1 unspecified atom stereocenters. The van der Waals surface area contributed by atoms with Crippen LogP contribution in [0.1, 0.15) is 13.3 Å². The Balaban J connectivity index is 2.16. The number of hydrogen-bond donors (Lipinski definition) is 0. The van der Waals surface area contributed by atoms with Gasteiger partial charge in [0.15, 0.2) is 10.9 Å². The Labute approximate surface area is 124 Å². The van der Waals surface area contributed by atoms with Crippen molar-refractivity contribution in [1.82, 2.24) is 0 Å². The van der Waals surface area contributed by atoms with Crippen molar-refractivity contribution < 1.29 is 18.4 Å². The lowest BCUT2D eigenvalue weighted by Gasteiger charge is -2.18. The van der Waals surface area contributed by atoms with Crippen LogP contribution < -0.4 is 4.90 Å². The van der Waals surface area contributed by atoms with E-state index in [4.69, 9.17) is 11.6 Å². The molecule has 20 heavy (non-hydrogen) atoms. The fraction of sp³-hybridized carbons (Fsp3) is 0.385. The van der Waals surface area contributed by atoms with Gasteiger partial charge in [0, 0.05) is 25.6 Å². The largest absolute Gasteiger partial charge is 0.309 e. The van der Waals surface area contributed by atoms with Gasteiger partial charge in [-0.25, -0.2) is 8.78 Å². The van der Waals surface area contributed by atoms with Crippen molar-refractivity contribution in [3.8, 4) is 0 Å². The summed E-state index contributed by atoms with van der Waals surface area (Å²) in [7, 11) is 0. The summed E-state index contributed by atoms with van der Waals surface area (Å²) in [5.74, 6) is -1.56. The first-order valence-corrected chi connectivity index (χ1v) is 7.33. The summed E-state index contributed by atoms with van der Waals surface area (Å²) in [5.41, 5.74) is -0.0169. The van der Waals surface area contributed by atoms with E-state index in [0.717, 1.165) is 17.8 Å². The molecule has 7 heteroatoms. The van der Waals surface area contributed by atoms with E-state index in [1.54, 1.807) is 0 Å². The van der Waals surface area contributed by atoms with Crippen LogP contribution in [-0.4, -0.2) is 23.3 Å². The average molecular weight is 320 g/mol. The van der Waals surface area contributed by atoms with Gasteiger partial charge in [-0.2, -0.15) is 0 Å². The minimum atomic E-state index is -0.931. The zero-order valence-corrected chi connectivity index (χ0v) is 12.2. The molecule has 1 aliphatic heterocycles. The third-order valence-corrected chi connectivity index (χ3v) is 4.42. The van der Waals surface area contributed by atoms with Crippen LogP contribution in [0.2, 0.25) is 5.02 Å². The molecule has 0 saturated carbocycles. The molecule has 0 bridgehead atoms. The molecule has 1 fully saturated rings. The summed E-state index contributed by atoms with van der Waals surface area (Å²) in [6.07, 6.45) is 0.245. The summed E-state index contributed by atoms with van der Waals surface area (Å²) >= 11 is 6.65. The van der Waals surface area contributed by atoms with Crippen LogP contribution in [0, 0.1) is 17.6 Å². The molecule has 1 atom stereocenters. The first-order valence-electron chi connectivity index (χ1n) is 5.97. The second kappa shape index (κ2) is 6.10. The number of amides is 1. The van der Waals surface area contributed by atoms with Crippen molar-refractivity contribution in [2.75, 3.05) is 17.2 Å². The summed E-state index contributed by atoms with van der Waals surface area (Å²) in [6, 6.07) is 2.24. The lowest BCUT2D eigenvalue weighted by Crippen LogP contribution is -2.26. The maximum absolute atomic E-state index is 13.9. The lowest BCUT2D eigenvalue weighted by molar-refractivity contribution is -0.117. The highest BCUT2D eigenvalue weighted by atomic mass is 35.5. The number of rotatable bonds is 3. The van der Waals surface area contributed by atoms with Gasteiger partial charge in [-0.05, 0) is 18.1 Å². The number of carbonyl (C=O) groups is 2. The van der Waals surface area contributed by atoms with Crippen LogP contribution in [0.25, 0.3) is 0 Å². The molecular formula is C13H12ClF2NO2S. The Hall–Kier alpha value is -1.14. The molecule has 0 spiro atoms. The smallest absolute Gasteiger partial charge is 0.227 e. The van der Waals surface area contributed by atoms with Gasteiger partial charge in [0.25, 0.3) is 0 Å². The van der Waals surface area contributed by atoms with E-state index < -0.39 is 16.7 Å². The maximum Gasteiger partial charge on any atom is 0.227 e. The van der Waals surface area contributed by atoms with Crippen LogP contribution in [-0.2, 0) is 9.59 Å². The fourth-order valence-corrected chi connectivity index (χ4v) is 2.94. The third-order valence-electron chi connectivity index (χ3n) is 3.03. The molecule has 0 aliphatic carbocycles. The van der Waals surface area contributed by atoms with Crippen LogP contribution >= 0.6 is 23.4 Å². The molecule has 1 saturated heterocycles. The Morgan fingerprint density at radius 2 is 2.20 bits per heavy atom. The second-order valence-electron chi connectivity index (χ2n) is 4.57. The summed E-state index contributed by atoms with van der Waals surface area (Å²) in [5, 5.41) is -0.635. The molecule has 1 aliphatic rings. The zero-order chi connectivity index (χ0) is 14.9. The number of thioether (sulfide) groups is 1. The van der Waals surface area contributed by atoms with Gasteiger partial charge in [0.2, 0.25) is 5.91 Å². The van der Waals surface area contributed by atoms with Crippen molar-refractivity contribution in [1.29, 1.82) is 0 Å². The van der Waals surface area contributed by atoms with Crippen molar-refractivity contribution in [3.05, 3.63) is 28.8 Å². The van der Waals surface area contributed by atoms with E-state index in [-0.39, 0.29) is 29.0 Å². The zero-order valence-electron chi connectivity index (χ0n) is 10.7. The number of halogens is 3. The number of nitrogens with zero attached hydrogens (tertiary/aromatic N) is 1. The van der Waals surface area contributed by atoms with Gasteiger partial charge in [0.1, 0.15) is 10.8 Å². The Kier molecular flexibility index (Phi) is 4.65. The summed E-state index contributed by atoms with van der Waals surface area (Å²) in [6.45, 7) is 1.76. The Morgan fingerprint density at radius 1 is 1.50 bits per heavy atom. The molecule has 1 amide bonds. The molecule has 2 rings (SSSR count). The Bertz CT molecular complexity index is 568. The van der Waals surface area contributed by atoms with Crippen molar-refractivity contribution in [3.63, 3.8) is 0 Å². The maximum atomic E-state index is 13.9. The van der Waals surface area contributed by atoms with Crippen LogP contribution in [0.5, 0.6) is 0 Å². The molecule has 0 radical (unpaired) electrons. The summed E-state index contributed by atoms with van der Waals surface area (Å²) < 4.78 is 27.0. The molecule has 1 heterocycles. The Morgan fingerprint density at radius 3 is 2.85 bits per heavy atom. The van der Waals surface area contributed by atoms with Gasteiger partial charge >= 0.3 is 0 Å². The fourth-order valence-electron chi connectivity index (χ4n) is 2.09. The SMILES string of the molecule is CC(=O)SCC1CC(=O)N(c2ccc(F)c(Cl)c2F)C1. The van der Waals surface area contributed by atoms with Crippen LogP contribution in [0.15, 0.2) is 12.1 Å². The molecule has 3 nitrogen and oxygen atoms in total. The minimum Gasteiger partial charge on any atom is -0.309 e. The van der Waals surface area contributed by atoms with Gasteiger partial charge in [-0.15, -0.1) is 0 Å². The standard InChI is InChI=1S/C13H12ClF2NO2S/c1-7(18)20-6-8-4-11(19)17(5-8)10-3-2-9(15)12(14)13(10)16/h2-3,8H,4-6H2,1H3. The van der Waals surface area contributed by atoms with Crippen LogP contribution in [0.3, 0.4) is 0 Å². The second-order valence-corrected chi connectivity index (χ2v) is 6.15. The predicted octanol–water partition coefficient (Wildman–Crippen LogP) is 3.25. The first kappa shape index (κ1) is 15.3. The van der Waals surface area contributed by atoms with Crippen LogP contribution in [0.4, 0.5) is 14.5 Å². The normalized spacial score (nSPS) is 18.7. The highest BCUT2D eigenvalue weighted by Gasteiger charge is 2.33. The van der Waals surface area contributed by atoms with E-state index in [9.17, 15) is 18.4 Å². The topological polar surface area (TPSA) is 37.4 Å². The van der Waals surface area contributed by atoms with Crippen molar-refractivity contribution in [2.45, 2.75) is 13.3 Å². The first-order chi connectivity index (χ1) is 9.40. The molecule has 1 aromatic carbocycles. The van der Waals surface area contributed by atoms with Crippen molar-refractivity contribution in [2.24, 2.45) is 5.92 Å². The average Bonchev–Trinajstić information content (AvgIpc) is 2.75.